The number of rotatable bonds is 6. The second-order valence-corrected chi connectivity index (χ2v) is 7.76. The Morgan fingerprint density at radius 2 is 1.78 bits per heavy atom. The molecule has 3 rings (SSSR count). The van der Waals surface area contributed by atoms with Crippen molar-refractivity contribution in [3.8, 4) is 0 Å². The summed E-state index contributed by atoms with van der Waals surface area (Å²) in [5, 5.41) is 5.55. The molecule has 7 nitrogen and oxygen atoms in total. The molecule has 0 radical (unpaired) electrons. The molecule has 0 atom stereocenters. The van der Waals surface area contributed by atoms with Gasteiger partial charge in [0.2, 0.25) is 5.91 Å². The van der Waals surface area contributed by atoms with Gasteiger partial charge in [-0.15, -0.1) is 0 Å². The molecule has 0 aromatic heterocycles. The molecule has 144 valence electrons. The van der Waals surface area contributed by atoms with Gasteiger partial charge < -0.3 is 10.6 Å². The number of carbonyl (C=O) groups is 4. The molecular formula is C20H25N3O4. The average molecular weight is 371 g/mol. The van der Waals surface area contributed by atoms with Crippen LogP contribution in [0.4, 0.5) is 10.5 Å². The van der Waals surface area contributed by atoms with Gasteiger partial charge in [0.05, 0.1) is 6.54 Å². The van der Waals surface area contributed by atoms with Crippen molar-refractivity contribution < 1.29 is 19.2 Å². The predicted octanol–water partition coefficient (Wildman–Crippen LogP) is 2.72. The van der Waals surface area contributed by atoms with Crippen molar-refractivity contribution in [3.63, 3.8) is 0 Å². The maximum absolute atomic E-state index is 12.6. The molecule has 1 aromatic rings. The third-order valence-electron chi connectivity index (χ3n) is 5.09. The van der Waals surface area contributed by atoms with Gasteiger partial charge in [-0.1, -0.05) is 26.7 Å². The van der Waals surface area contributed by atoms with Crippen LogP contribution in [0.2, 0.25) is 0 Å². The molecule has 1 spiro atoms. The van der Waals surface area contributed by atoms with Gasteiger partial charge in [0.25, 0.3) is 5.91 Å². The van der Waals surface area contributed by atoms with Crippen LogP contribution in [-0.4, -0.2) is 40.6 Å². The lowest BCUT2D eigenvalue weighted by Gasteiger charge is -2.19. The van der Waals surface area contributed by atoms with Gasteiger partial charge in [-0.25, -0.2) is 4.79 Å². The first-order valence-electron chi connectivity index (χ1n) is 9.38. The summed E-state index contributed by atoms with van der Waals surface area (Å²) >= 11 is 0. The molecule has 7 heteroatoms. The highest BCUT2D eigenvalue weighted by Crippen LogP contribution is 2.35. The van der Waals surface area contributed by atoms with E-state index < -0.39 is 11.6 Å². The van der Waals surface area contributed by atoms with Crippen LogP contribution in [0, 0.1) is 5.92 Å². The smallest absolute Gasteiger partial charge is 0.325 e. The second kappa shape index (κ2) is 7.50. The quantitative estimate of drug-likeness (QED) is 0.594. The SMILES string of the molecule is CC(C)CC(=O)Nc1ccc(C(=O)CN2C(=O)NC3(CCCC3)C2=O)cc1. The van der Waals surface area contributed by atoms with Crippen molar-refractivity contribution in [2.75, 3.05) is 11.9 Å². The van der Waals surface area contributed by atoms with Crippen molar-refractivity contribution in [2.24, 2.45) is 5.92 Å². The van der Waals surface area contributed by atoms with E-state index in [1.54, 1.807) is 24.3 Å². The molecule has 2 N–H and O–H groups in total. The lowest BCUT2D eigenvalue weighted by molar-refractivity contribution is -0.130. The van der Waals surface area contributed by atoms with Gasteiger partial charge in [0.1, 0.15) is 5.54 Å². The van der Waals surface area contributed by atoms with Gasteiger partial charge in [-0.05, 0) is 43.0 Å². The van der Waals surface area contributed by atoms with Crippen molar-refractivity contribution in [1.82, 2.24) is 10.2 Å². The number of anilines is 1. The van der Waals surface area contributed by atoms with Crippen molar-refractivity contribution in [2.45, 2.75) is 51.5 Å². The molecule has 1 aliphatic carbocycles. The van der Waals surface area contributed by atoms with E-state index in [-0.39, 0.29) is 30.1 Å². The Bertz CT molecular complexity index is 764. The molecule has 1 aliphatic heterocycles. The molecular weight excluding hydrogens is 346 g/mol. The van der Waals surface area contributed by atoms with Crippen LogP contribution in [0.15, 0.2) is 24.3 Å². The van der Waals surface area contributed by atoms with E-state index in [1.807, 2.05) is 13.8 Å². The van der Waals surface area contributed by atoms with E-state index >= 15 is 0 Å². The van der Waals surface area contributed by atoms with Crippen LogP contribution >= 0.6 is 0 Å². The van der Waals surface area contributed by atoms with Crippen LogP contribution in [0.3, 0.4) is 0 Å². The number of amides is 4. The molecule has 4 amide bonds. The standard InChI is InChI=1S/C20H25N3O4/c1-13(2)11-17(25)21-15-7-5-14(6-8-15)16(24)12-23-18(26)20(22-19(23)27)9-3-4-10-20/h5-8,13H,3-4,9-12H2,1-2H3,(H,21,25)(H,22,27). The number of hydrogen-bond donors (Lipinski definition) is 2. The number of nitrogens with zero attached hydrogens (tertiary/aromatic N) is 1. The third-order valence-corrected chi connectivity index (χ3v) is 5.09. The van der Waals surface area contributed by atoms with Gasteiger partial charge in [0.15, 0.2) is 5.78 Å². The first kappa shape index (κ1) is 19.1. The number of benzene rings is 1. The van der Waals surface area contributed by atoms with Crippen LogP contribution < -0.4 is 10.6 Å². The highest BCUT2D eigenvalue weighted by molar-refractivity contribution is 6.11. The zero-order chi connectivity index (χ0) is 19.6. The highest BCUT2D eigenvalue weighted by atomic mass is 16.2. The molecule has 1 saturated carbocycles. The summed E-state index contributed by atoms with van der Waals surface area (Å²) in [6.45, 7) is 3.66. The summed E-state index contributed by atoms with van der Waals surface area (Å²) < 4.78 is 0. The molecule has 27 heavy (non-hydrogen) atoms. The number of carbonyl (C=O) groups excluding carboxylic acids is 4. The lowest BCUT2D eigenvalue weighted by atomic mass is 9.98. The molecule has 2 fully saturated rings. The van der Waals surface area contributed by atoms with Gasteiger partial charge in [-0.3, -0.25) is 19.3 Å². The molecule has 2 aliphatic rings. The maximum atomic E-state index is 12.6. The summed E-state index contributed by atoms with van der Waals surface area (Å²) in [4.78, 5) is 50.1. The van der Waals surface area contributed by atoms with Gasteiger partial charge in [0, 0.05) is 17.7 Å². The number of nitrogens with one attached hydrogen (secondary N) is 2. The normalized spacial score (nSPS) is 18.3. The molecule has 1 heterocycles. The van der Waals surface area contributed by atoms with Crippen molar-refractivity contribution in [1.29, 1.82) is 0 Å². The summed E-state index contributed by atoms with van der Waals surface area (Å²) in [7, 11) is 0. The fraction of sp³-hybridized carbons (Fsp3) is 0.500. The Hall–Kier alpha value is -2.70. The van der Waals surface area contributed by atoms with E-state index in [9.17, 15) is 19.2 Å². The van der Waals surface area contributed by atoms with Crippen LogP contribution in [-0.2, 0) is 9.59 Å². The first-order chi connectivity index (χ1) is 12.8. The maximum Gasteiger partial charge on any atom is 0.325 e. The number of urea groups is 1. The van der Waals surface area contributed by atoms with Crippen molar-refractivity contribution in [3.05, 3.63) is 29.8 Å². The molecule has 1 saturated heterocycles. The summed E-state index contributed by atoms with van der Waals surface area (Å²) in [6.07, 6.45) is 3.49. The highest BCUT2D eigenvalue weighted by Gasteiger charge is 2.52. The lowest BCUT2D eigenvalue weighted by Crippen LogP contribution is -2.44. The van der Waals surface area contributed by atoms with Crippen LogP contribution in [0.25, 0.3) is 0 Å². The monoisotopic (exact) mass is 371 g/mol. The van der Waals surface area contributed by atoms with E-state index in [0.29, 0.717) is 30.5 Å². The average Bonchev–Trinajstić information content (AvgIpc) is 3.16. The Morgan fingerprint density at radius 3 is 2.37 bits per heavy atom. The Morgan fingerprint density at radius 1 is 1.15 bits per heavy atom. The second-order valence-electron chi connectivity index (χ2n) is 7.76. The van der Waals surface area contributed by atoms with E-state index in [2.05, 4.69) is 10.6 Å². The minimum atomic E-state index is -0.804. The summed E-state index contributed by atoms with van der Waals surface area (Å²) in [5.41, 5.74) is 0.198. The van der Waals surface area contributed by atoms with Gasteiger partial charge in [-0.2, -0.15) is 0 Å². The van der Waals surface area contributed by atoms with Crippen LogP contribution in [0.1, 0.15) is 56.3 Å². The topological polar surface area (TPSA) is 95.6 Å². The number of hydrogen-bond acceptors (Lipinski definition) is 4. The number of ketones is 1. The fourth-order valence-corrected chi connectivity index (χ4v) is 3.69. The van der Waals surface area contributed by atoms with Gasteiger partial charge >= 0.3 is 6.03 Å². The third kappa shape index (κ3) is 4.02. The van der Waals surface area contributed by atoms with Crippen molar-refractivity contribution >= 4 is 29.3 Å². The Balaban J connectivity index is 1.62. The minimum Gasteiger partial charge on any atom is -0.326 e. The van der Waals surface area contributed by atoms with E-state index in [1.165, 1.54) is 0 Å². The molecule has 1 aromatic carbocycles. The van der Waals surface area contributed by atoms with E-state index in [4.69, 9.17) is 0 Å². The summed E-state index contributed by atoms with van der Waals surface area (Å²) in [6, 6.07) is 5.99. The van der Waals surface area contributed by atoms with E-state index in [0.717, 1.165) is 17.7 Å². The first-order valence-corrected chi connectivity index (χ1v) is 9.38. The Labute approximate surface area is 158 Å². The zero-order valence-corrected chi connectivity index (χ0v) is 15.7. The number of Topliss-reactive ketones (excluding diaryl/α,β-unsaturated/α-hetero) is 1. The summed E-state index contributed by atoms with van der Waals surface area (Å²) in [5.74, 6) is -0.423. The molecule has 0 bridgehead atoms. The Kier molecular flexibility index (Phi) is 5.30. The number of imide groups is 1. The van der Waals surface area contributed by atoms with Crippen LogP contribution in [0.5, 0.6) is 0 Å². The molecule has 0 unspecified atom stereocenters. The predicted molar refractivity (Wildman–Crippen MR) is 100 cm³/mol. The zero-order valence-electron chi connectivity index (χ0n) is 15.7. The fourth-order valence-electron chi connectivity index (χ4n) is 3.69. The largest absolute Gasteiger partial charge is 0.326 e. The minimum absolute atomic E-state index is 0.0785.